The first-order chi connectivity index (χ1) is 24.9. The van der Waals surface area contributed by atoms with Crippen LogP contribution in [0.2, 0.25) is 0 Å². The maximum atomic E-state index is 13.5. The molecule has 0 saturated carbocycles. The lowest BCUT2D eigenvalue weighted by Crippen LogP contribution is -2.61. The largest absolute Gasteiger partial charge is 0.489 e. The van der Waals surface area contributed by atoms with E-state index in [0.29, 0.717) is 51.8 Å². The molecular weight excluding hydrogens is 658 g/mol. The summed E-state index contributed by atoms with van der Waals surface area (Å²) in [6.07, 6.45) is 0.188. The van der Waals surface area contributed by atoms with Crippen molar-refractivity contribution in [2.24, 2.45) is 0 Å². The predicted octanol–water partition coefficient (Wildman–Crippen LogP) is 5.23. The maximum absolute atomic E-state index is 13.5. The van der Waals surface area contributed by atoms with E-state index in [0.717, 1.165) is 51.4 Å². The number of rotatable bonds is 10. The lowest BCUT2D eigenvalue weighted by atomic mass is 10.0. The molecule has 6 rings (SSSR count). The van der Waals surface area contributed by atoms with Crippen LogP contribution in [0, 0.1) is 0 Å². The third-order valence-corrected chi connectivity index (χ3v) is 9.23. The summed E-state index contributed by atoms with van der Waals surface area (Å²) < 4.78 is 18.2. The molecule has 0 bridgehead atoms. The van der Waals surface area contributed by atoms with Gasteiger partial charge in [-0.15, -0.1) is 0 Å². The SMILES string of the molecule is CN(C)CCOc1nc2c(c(N3CCN(C(=O)OC(C)(C)C)C(C(=O)N(C)C)C3)n1)CCN(c1cc(OCc3ccccc3)cc3ccccc13)C2. The second kappa shape index (κ2) is 15.6. The number of ether oxygens (including phenoxy) is 3. The Kier molecular flexibility index (Phi) is 11.0. The van der Waals surface area contributed by atoms with Crippen LogP contribution in [0.1, 0.15) is 37.6 Å². The Bertz CT molecular complexity index is 1880. The number of benzene rings is 3. The summed E-state index contributed by atoms with van der Waals surface area (Å²) in [5.74, 6) is 1.38. The number of carbonyl (C=O) groups excluding carboxylic acids is 2. The molecule has 3 aromatic carbocycles. The number of amides is 2. The van der Waals surface area contributed by atoms with Crippen LogP contribution in [-0.2, 0) is 29.1 Å². The van der Waals surface area contributed by atoms with Crippen molar-refractivity contribution in [3.63, 3.8) is 0 Å². The average molecular weight is 710 g/mol. The topological polar surface area (TPSA) is 104 Å². The van der Waals surface area contributed by atoms with Gasteiger partial charge < -0.3 is 33.8 Å². The Morgan fingerprint density at radius 1 is 0.885 bits per heavy atom. The van der Waals surface area contributed by atoms with Gasteiger partial charge in [-0.25, -0.2) is 4.79 Å². The second-order valence-corrected chi connectivity index (χ2v) is 14.9. The highest BCUT2D eigenvalue weighted by atomic mass is 16.6. The highest BCUT2D eigenvalue weighted by molar-refractivity contribution is 5.96. The minimum atomic E-state index is -0.743. The normalized spacial score (nSPS) is 16.2. The van der Waals surface area contributed by atoms with Crippen LogP contribution in [0.25, 0.3) is 10.8 Å². The molecule has 52 heavy (non-hydrogen) atoms. The summed E-state index contributed by atoms with van der Waals surface area (Å²) in [6, 6.07) is 22.3. The Hall–Kier alpha value is -5.10. The molecule has 1 aromatic heterocycles. The molecule has 1 saturated heterocycles. The number of carbonyl (C=O) groups is 2. The molecule has 0 N–H and O–H groups in total. The lowest BCUT2D eigenvalue weighted by Gasteiger charge is -2.43. The van der Waals surface area contributed by atoms with Crippen LogP contribution < -0.4 is 19.3 Å². The fourth-order valence-electron chi connectivity index (χ4n) is 6.61. The van der Waals surface area contributed by atoms with Gasteiger partial charge in [0, 0.05) is 69.5 Å². The molecule has 1 unspecified atom stereocenters. The lowest BCUT2D eigenvalue weighted by molar-refractivity contribution is -0.134. The van der Waals surface area contributed by atoms with Crippen molar-refractivity contribution in [1.82, 2.24) is 24.7 Å². The molecule has 12 heteroatoms. The fraction of sp³-hybridized carbons (Fsp3) is 0.450. The highest BCUT2D eigenvalue weighted by Crippen LogP contribution is 2.37. The van der Waals surface area contributed by atoms with Gasteiger partial charge in [-0.3, -0.25) is 9.69 Å². The maximum Gasteiger partial charge on any atom is 0.411 e. The van der Waals surface area contributed by atoms with Crippen molar-refractivity contribution in [3.8, 4) is 11.8 Å². The fourth-order valence-corrected chi connectivity index (χ4v) is 6.61. The summed E-state index contributed by atoms with van der Waals surface area (Å²) in [7, 11) is 7.40. The van der Waals surface area contributed by atoms with Gasteiger partial charge in [0.25, 0.3) is 0 Å². The van der Waals surface area contributed by atoms with Crippen molar-refractivity contribution in [3.05, 3.63) is 83.6 Å². The van der Waals surface area contributed by atoms with E-state index in [9.17, 15) is 9.59 Å². The zero-order valence-electron chi connectivity index (χ0n) is 31.5. The molecule has 2 amide bonds. The molecular formula is C40H51N7O5. The quantitative estimate of drug-likeness (QED) is 0.218. The van der Waals surface area contributed by atoms with E-state index < -0.39 is 17.7 Å². The standard InChI is InChI=1S/C40H51N7O5/c1-40(2,3)52-39(49)47-20-19-46(26-35(47)37(48)44(6)7)36-32-17-18-45(25-33(32)41-38(42-36)50-22-21-43(4)5)34-24-30(23-29-15-11-12-16-31(29)34)51-27-28-13-9-8-10-14-28/h8-16,23-24,35H,17-22,25-27H2,1-7H3. The highest BCUT2D eigenvalue weighted by Gasteiger charge is 2.40. The number of nitrogens with zero attached hydrogens (tertiary/aromatic N) is 7. The first-order valence-electron chi connectivity index (χ1n) is 17.9. The van der Waals surface area contributed by atoms with Crippen molar-refractivity contribution < 1.29 is 23.8 Å². The molecule has 2 aliphatic heterocycles. The van der Waals surface area contributed by atoms with Crippen molar-refractivity contribution in [2.45, 2.75) is 52.0 Å². The first kappa shape index (κ1) is 36.7. The van der Waals surface area contributed by atoms with Crippen molar-refractivity contribution >= 4 is 34.3 Å². The summed E-state index contributed by atoms with van der Waals surface area (Å²) in [6.45, 7) is 9.42. The molecule has 3 heterocycles. The van der Waals surface area contributed by atoms with E-state index in [1.165, 1.54) is 4.90 Å². The molecule has 0 spiro atoms. The average Bonchev–Trinajstić information content (AvgIpc) is 3.12. The molecule has 1 fully saturated rings. The summed E-state index contributed by atoms with van der Waals surface area (Å²) in [5.41, 5.74) is 3.40. The minimum absolute atomic E-state index is 0.173. The number of fused-ring (bicyclic) bond motifs is 2. The van der Waals surface area contributed by atoms with Crippen molar-refractivity contribution in [2.75, 3.05) is 77.3 Å². The van der Waals surface area contributed by atoms with Crippen molar-refractivity contribution in [1.29, 1.82) is 0 Å². The number of piperazine rings is 1. The number of hydrogen-bond donors (Lipinski definition) is 0. The molecule has 4 aromatic rings. The van der Waals surface area contributed by atoms with E-state index in [2.05, 4.69) is 52.3 Å². The molecule has 0 aliphatic carbocycles. The third kappa shape index (κ3) is 8.67. The van der Waals surface area contributed by atoms with Gasteiger partial charge in [0.05, 0.1) is 12.2 Å². The van der Waals surface area contributed by atoms with Gasteiger partial charge in [-0.05, 0) is 58.3 Å². The molecule has 276 valence electrons. The van der Waals surface area contributed by atoms with Crippen LogP contribution in [0.15, 0.2) is 66.7 Å². The van der Waals surface area contributed by atoms with Gasteiger partial charge in [-0.2, -0.15) is 9.97 Å². The van der Waals surface area contributed by atoms with E-state index in [1.54, 1.807) is 19.0 Å². The molecule has 1 atom stereocenters. The Labute approximate surface area is 306 Å². The number of aromatic nitrogens is 2. The summed E-state index contributed by atoms with van der Waals surface area (Å²) in [4.78, 5) is 46.4. The number of anilines is 2. The first-order valence-corrected chi connectivity index (χ1v) is 17.9. The zero-order valence-corrected chi connectivity index (χ0v) is 31.5. The van der Waals surface area contributed by atoms with Gasteiger partial charge >= 0.3 is 12.1 Å². The molecule has 2 aliphatic rings. The monoisotopic (exact) mass is 709 g/mol. The minimum Gasteiger partial charge on any atom is -0.489 e. The Morgan fingerprint density at radius 3 is 2.37 bits per heavy atom. The van der Waals surface area contributed by atoms with Gasteiger partial charge in [0.2, 0.25) is 5.91 Å². The van der Waals surface area contributed by atoms with Crippen LogP contribution in [0.5, 0.6) is 11.8 Å². The third-order valence-electron chi connectivity index (χ3n) is 9.23. The smallest absolute Gasteiger partial charge is 0.411 e. The van der Waals surface area contributed by atoms with Crippen LogP contribution in [0.3, 0.4) is 0 Å². The number of likely N-dealkylation sites (N-methyl/N-ethyl adjacent to an activating group) is 2. The van der Waals surface area contributed by atoms with Gasteiger partial charge in [0.1, 0.15) is 36.4 Å². The number of hydrogen-bond acceptors (Lipinski definition) is 10. The van der Waals surface area contributed by atoms with E-state index in [4.69, 9.17) is 24.2 Å². The summed E-state index contributed by atoms with van der Waals surface area (Å²) >= 11 is 0. The van der Waals surface area contributed by atoms with E-state index >= 15 is 0 Å². The Balaban J connectivity index is 1.32. The summed E-state index contributed by atoms with van der Waals surface area (Å²) in [5, 5.41) is 2.24. The molecule has 0 radical (unpaired) electrons. The van der Waals surface area contributed by atoms with Crippen LogP contribution >= 0.6 is 0 Å². The molecule has 12 nitrogen and oxygen atoms in total. The zero-order chi connectivity index (χ0) is 37.0. The van der Waals surface area contributed by atoms with Crippen LogP contribution in [0.4, 0.5) is 16.3 Å². The van der Waals surface area contributed by atoms with Gasteiger partial charge in [0.15, 0.2) is 0 Å². The van der Waals surface area contributed by atoms with Gasteiger partial charge in [-0.1, -0.05) is 54.6 Å². The Morgan fingerprint density at radius 2 is 1.63 bits per heavy atom. The van der Waals surface area contributed by atoms with E-state index in [-0.39, 0.29) is 12.5 Å². The van der Waals surface area contributed by atoms with Crippen LogP contribution in [-0.4, -0.2) is 116 Å². The second-order valence-electron chi connectivity index (χ2n) is 14.9. The van der Waals surface area contributed by atoms with E-state index in [1.807, 2.05) is 64.0 Å². The predicted molar refractivity (Wildman–Crippen MR) is 203 cm³/mol.